The maximum atomic E-state index is 13.7. The lowest BCUT2D eigenvalue weighted by Gasteiger charge is -2.34. The molecule has 0 radical (unpaired) electrons. The molecular formula is C20H25FN3S+. The molecule has 2 aromatic carbocycles. The van der Waals surface area contributed by atoms with Crippen LogP contribution in [0.25, 0.3) is 0 Å². The number of nitrogens with zero attached hydrogens (tertiary/aromatic N) is 1. The molecule has 132 valence electrons. The van der Waals surface area contributed by atoms with Crippen molar-refractivity contribution in [2.45, 2.75) is 20.4 Å². The van der Waals surface area contributed by atoms with E-state index in [1.165, 1.54) is 17.2 Å². The average Bonchev–Trinajstić information content (AvgIpc) is 2.61. The van der Waals surface area contributed by atoms with E-state index >= 15 is 0 Å². The zero-order valence-corrected chi connectivity index (χ0v) is 15.6. The first-order valence-electron chi connectivity index (χ1n) is 8.73. The number of hydrogen-bond donors (Lipinski definition) is 2. The maximum Gasteiger partial charge on any atom is 0.173 e. The molecule has 0 aliphatic carbocycles. The first-order valence-corrected chi connectivity index (χ1v) is 9.14. The van der Waals surface area contributed by atoms with Crippen LogP contribution in [0.2, 0.25) is 0 Å². The zero-order valence-electron chi connectivity index (χ0n) is 14.8. The number of halogens is 1. The van der Waals surface area contributed by atoms with Gasteiger partial charge in [-0.05, 0) is 49.3 Å². The van der Waals surface area contributed by atoms with E-state index in [4.69, 9.17) is 12.2 Å². The van der Waals surface area contributed by atoms with E-state index in [1.807, 2.05) is 6.07 Å². The smallest absolute Gasteiger partial charge is 0.173 e. The Morgan fingerprint density at radius 2 is 1.84 bits per heavy atom. The first-order chi connectivity index (χ1) is 12.0. The quantitative estimate of drug-likeness (QED) is 0.823. The van der Waals surface area contributed by atoms with E-state index in [1.54, 1.807) is 17.9 Å². The third-order valence-electron chi connectivity index (χ3n) is 4.88. The first kappa shape index (κ1) is 17.8. The van der Waals surface area contributed by atoms with Crippen molar-refractivity contribution in [3.63, 3.8) is 0 Å². The van der Waals surface area contributed by atoms with Crippen molar-refractivity contribution in [1.82, 2.24) is 4.90 Å². The molecule has 0 aromatic heterocycles. The van der Waals surface area contributed by atoms with E-state index in [-0.39, 0.29) is 5.82 Å². The highest BCUT2D eigenvalue weighted by molar-refractivity contribution is 7.80. The van der Waals surface area contributed by atoms with Crippen molar-refractivity contribution in [3.05, 3.63) is 65.0 Å². The maximum absolute atomic E-state index is 13.7. The SMILES string of the molecule is Cc1ccc(NC(=S)N2CC[NH+](Cc3ccccc3C)CC2)cc1F. The molecule has 0 saturated carbocycles. The molecule has 25 heavy (non-hydrogen) atoms. The van der Waals surface area contributed by atoms with Crippen LogP contribution >= 0.6 is 12.2 Å². The van der Waals surface area contributed by atoms with E-state index in [2.05, 4.69) is 41.4 Å². The lowest BCUT2D eigenvalue weighted by Crippen LogP contribution is -3.13. The van der Waals surface area contributed by atoms with Gasteiger partial charge in [0, 0.05) is 11.3 Å². The summed E-state index contributed by atoms with van der Waals surface area (Å²) >= 11 is 5.50. The van der Waals surface area contributed by atoms with Crippen molar-refractivity contribution in [2.75, 3.05) is 31.5 Å². The Morgan fingerprint density at radius 3 is 2.52 bits per heavy atom. The topological polar surface area (TPSA) is 19.7 Å². The Labute approximate surface area is 154 Å². The Kier molecular flexibility index (Phi) is 5.66. The van der Waals surface area contributed by atoms with E-state index in [0.717, 1.165) is 32.7 Å². The minimum atomic E-state index is -0.208. The Balaban J connectivity index is 1.52. The third-order valence-corrected chi connectivity index (χ3v) is 5.24. The summed E-state index contributed by atoms with van der Waals surface area (Å²) in [6.45, 7) is 8.93. The number of hydrogen-bond acceptors (Lipinski definition) is 1. The second-order valence-corrected chi connectivity index (χ2v) is 7.12. The highest BCUT2D eigenvalue weighted by Crippen LogP contribution is 2.14. The Hall–Kier alpha value is -1.98. The van der Waals surface area contributed by atoms with Crippen LogP contribution in [0, 0.1) is 19.7 Å². The average molecular weight is 359 g/mol. The zero-order chi connectivity index (χ0) is 17.8. The summed E-state index contributed by atoms with van der Waals surface area (Å²) in [5, 5.41) is 3.84. The van der Waals surface area contributed by atoms with Gasteiger partial charge in [0.1, 0.15) is 12.4 Å². The molecule has 0 spiro atoms. The summed E-state index contributed by atoms with van der Waals surface area (Å²) in [4.78, 5) is 3.75. The van der Waals surface area contributed by atoms with Crippen LogP contribution in [0.1, 0.15) is 16.7 Å². The summed E-state index contributed by atoms with van der Waals surface area (Å²) in [5.74, 6) is -0.208. The third kappa shape index (κ3) is 4.55. The van der Waals surface area contributed by atoms with Crippen LogP contribution in [0.3, 0.4) is 0 Å². The molecule has 1 heterocycles. The second-order valence-electron chi connectivity index (χ2n) is 6.73. The van der Waals surface area contributed by atoms with Crippen LogP contribution in [0.4, 0.5) is 10.1 Å². The number of aryl methyl sites for hydroxylation is 2. The van der Waals surface area contributed by atoms with Crippen molar-refractivity contribution in [1.29, 1.82) is 0 Å². The van der Waals surface area contributed by atoms with Gasteiger partial charge in [0.15, 0.2) is 5.11 Å². The molecule has 5 heteroatoms. The fourth-order valence-corrected chi connectivity index (χ4v) is 3.45. The molecule has 2 aromatic rings. The van der Waals surface area contributed by atoms with Crippen molar-refractivity contribution < 1.29 is 9.29 Å². The predicted octanol–water partition coefficient (Wildman–Crippen LogP) is 2.54. The predicted molar refractivity (Wildman–Crippen MR) is 105 cm³/mol. The molecular weight excluding hydrogens is 333 g/mol. The summed E-state index contributed by atoms with van der Waals surface area (Å²) in [5.41, 5.74) is 4.13. The Morgan fingerprint density at radius 1 is 1.12 bits per heavy atom. The van der Waals surface area contributed by atoms with Crippen LogP contribution in [0.15, 0.2) is 42.5 Å². The molecule has 1 saturated heterocycles. The van der Waals surface area contributed by atoms with Crippen LogP contribution in [0.5, 0.6) is 0 Å². The second kappa shape index (κ2) is 7.93. The molecule has 3 nitrogen and oxygen atoms in total. The molecule has 1 fully saturated rings. The molecule has 2 N–H and O–H groups in total. The minimum Gasteiger partial charge on any atom is -0.338 e. The van der Waals surface area contributed by atoms with Gasteiger partial charge in [-0.1, -0.05) is 30.3 Å². The van der Waals surface area contributed by atoms with E-state index in [0.29, 0.717) is 16.4 Å². The normalized spacial score (nSPS) is 15.2. The van der Waals surface area contributed by atoms with Crippen LogP contribution in [-0.4, -0.2) is 36.2 Å². The van der Waals surface area contributed by atoms with E-state index < -0.39 is 0 Å². The number of benzene rings is 2. The molecule has 3 rings (SSSR count). The fourth-order valence-electron chi connectivity index (χ4n) is 3.15. The lowest BCUT2D eigenvalue weighted by molar-refractivity contribution is -0.917. The van der Waals surface area contributed by atoms with Gasteiger partial charge in [0.2, 0.25) is 0 Å². The van der Waals surface area contributed by atoms with Gasteiger partial charge in [-0.2, -0.15) is 0 Å². The number of piperazine rings is 1. The fraction of sp³-hybridized carbons (Fsp3) is 0.350. The highest BCUT2D eigenvalue weighted by Gasteiger charge is 2.22. The highest BCUT2D eigenvalue weighted by atomic mass is 32.1. The summed E-state index contributed by atoms with van der Waals surface area (Å²) in [6, 6.07) is 13.7. The molecule has 1 aliphatic rings. The monoisotopic (exact) mass is 358 g/mol. The molecule has 0 atom stereocenters. The standard InChI is InChI=1S/C20H24FN3S/c1-15-5-3-4-6-17(15)14-23-9-11-24(12-10-23)20(25)22-18-8-7-16(2)19(21)13-18/h3-8,13H,9-12,14H2,1-2H3,(H,22,25)/p+1. The lowest BCUT2D eigenvalue weighted by atomic mass is 10.1. The number of thiocarbonyl (C=S) groups is 1. The van der Waals surface area contributed by atoms with Gasteiger partial charge >= 0.3 is 0 Å². The molecule has 0 bridgehead atoms. The van der Waals surface area contributed by atoms with Gasteiger partial charge in [-0.25, -0.2) is 4.39 Å². The van der Waals surface area contributed by atoms with Gasteiger partial charge in [0.05, 0.1) is 26.2 Å². The van der Waals surface area contributed by atoms with Gasteiger partial charge in [-0.3, -0.25) is 0 Å². The van der Waals surface area contributed by atoms with Crippen LogP contribution < -0.4 is 10.2 Å². The van der Waals surface area contributed by atoms with Crippen molar-refractivity contribution in [2.24, 2.45) is 0 Å². The Bertz CT molecular complexity index is 754. The molecule has 1 aliphatic heterocycles. The number of anilines is 1. The van der Waals surface area contributed by atoms with Crippen molar-refractivity contribution >= 4 is 23.0 Å². The summed E-state index contributed by atoms with van der Waals surface area (Å²) in [7, 11) is 0. The molecule has 0 amide bonds. The number of rotatable bonds is 3. The van der Waals surface area contributed by atoms with Gasteiger partial charge in [0.25, 0.3) is 0 Å². The van der Waals surface area contributed by atoms with E-state index in [9.17, 15) is 4.39 Å². The van der Waals surface area contributed by atoms with Gasteiger partial charge < -0.3 is 15.1 Å². The van der Waals surface area contributed by atoms with Crippen molar-refractivity contribution in [3.8, 4) is 0 Å². The summed E-state index contributed by atoms with van der Waals surface area (Å²) in [6.07, 6.45) is 0. The number of nitrogens with one attached hydrogen (secondary N) is 2. The van der Waals surface area contributed by atoms with Crippen LogP contribution in [-0.2, 0) is 6.54 Å². The van der Waals surface area contributed by atoms with Gasteiger partial charge in [-0.15, -0.1) is 0 Å². The minimum absolute atomic E-state index is 0.208. The summed E-state index contributed by atoms with van der Waals surface area (Å²) < 4.78 is 13.7. The number of quaternary nitrogens is 1. The molecule has 0 unspecified atom stereocenters. The largest absolute Gasteiger partial charge is 0.338 e.